The van der Waals surface area contributed by atoms with Gasteiger partial charge in [0.15, 0.2) is 0 Å². The minimum atomic E-state index is -0.741. The molecule has 0 aliphatic carbocycles. The van der Waals surface area contributed by atoms with Gasteiger partial charge in [0, 0.05) is 41.0 Å². The summed E-state index contributed by atoms with van der Waals surface area (Å²) in [6.45, 7) is 2.90. The van der Waals surface area contributed by atoms with Crippen molar-refractivity contribution in [2.75, 3.05) is 25.7 Å². The van der Waals surface area contributed by atoms with E-state index in [4.69, 9.17) is 4.74 Å². The Balaban J connectivity index is 2.68. The summed E-state index contributed by atoms with van der Waals surface area (Å²) in [6, 6.07) is 8.28. The molecular weight excluding hydrogens is 234 g/mol. The molecule has 0 saturated carbocycles. The Morgan fingerprint density at radius 3 is 2.71 bits per heavy atom. The Morgan fingerprint density at radius 1 is 1.41 bits per heavy atom. The molecule has 96 valence electrons. The van der Waals surface area contributed by atoms with Crippen molar-refractivity contribution >= 4 is 10.8 Å². The molecule has 1 N–H and O–H groups in total. The zero-order valence-corrected chi connectivity index (χ0v) is 11.5. The topological polar surface area (TPSA) is 38.3 Å². The lowest BCUT2D eigenvalue weighted by molar-refractivity contribution is 0.398. The van der Waals surface area contributed by atoms with E-state index < -0.39 is 10.8 Å². The second-order valence-electron chi connectivity index (χ2n) is 3.93. The molecule has 0 bridgehead atoms. The summed E-state index contributed by atoms with van der Waals surface area (Å²) in [6.07, 6.45) is 2.71. The van der Waals surface area contributed by atoms with Gasteiger partial charge in [-0.2, -0.15) is 0 Å². The molecule has 17 heavy (non-hydrogen) atoms. The molecule has 0 aliphatic rings. The lowest BCUT2D eigenvalue weighted by Gasteiger charge is -2.19. The van der Waals surface area contributed by atoms with Gasteiger partial charge in [0.05, 0.1) is 7.11 Å². The van der Waals surface area contributed by atoms with E-state index in [1.54, 1.807) is 13.4 Å². The quantitative estimate of drug-likeness (QED) is 0.811. The van der Waals surface area contributed by atoms with Gasteiger partial charge in [-0.1, -0.05) is 25.1 Å². The van der Waals surface area contributed by atoms with Crippen LogP contribution in [-0.2, 0) is 10.8 Å². The molecule has 0 heterocycles. The average molecular weight is 255 g/mol. The molecule has 4 heteroatoms. The van der Waals surface area contributed by atoms with Gasteiger partial charge in [-0.3, -0.25) is 4.21 Å². The Labute approximate surface area is 106 Å². The fraction of sp³-hybridized carbons (Fsp3) is 0.538. The molecule has 1 aromatic rings. The maximum atomic E-state index is 11.0. The van der Waals surface area contributed by atoms with Gasteiger partial charge in [0.2, 0.25) is 0 Å². The number of benzene rings is 1. The van der Waals surface area contributed by atoms with Crippen LogP contribution in [0.15, 0.2) is 24.3 Å². The van der Waals surface area contributed by atoms with E-state index in [1.807, 2.05) is 18.2 Å². The zero-order chi connectivity index (χ0) is 12.7. The van der Waals surface area contributed by atoms with Gasteiger partial charge in [-0.25, -0.2) is 0 Å². The number of hydrogen-bond donors (Lipinski definition) is 1. The largest absolute Gasteiger partial charge is 0.496 e. The summed E-state index contributed by atoms with van der Waals surface area (Å²) >= 11 is 0. The molecule has 0 saturated heterocycles. The summed E-state index contributed by atoms with van der Waals surface area (Å²) in [5.74, 6) is 1.59. The molecule has 1 rings (SSSR count). The first-order valence-electron chi connectivity index (χ1n) is 5.85. The second kappa shape index (κ2) is 7.45. The third kappa shape index (κ3) is 4.48. The van der Waals surface area contributed by atoms with Crippen LogP contribution in [0.5, 0.6) is 5.75 Å². The first kappa shape index (κ1) is 14.2. The van der Waals surface area contributed by atoms with Crippen LogP contribution in [0.3, 0.4) is 0 Å². The molecular formula is C13H21NO2S. The Kier molecular flexibility index (Phi) is 6.22. The van der Waals surface area contributed by atoms with Crippen molar-refractivity contribution in [3.05, 3.63) is 29.8 Å². The van der Waals surface area contributed by atoms with Gasteiger partial charge in [-0.05, 0) is 12.5 Å². The molecule has 0 radical (unpaired) electrons. The predicted octanol–water partition coefficient (Wildman–Crippen LogP) is 2.11. The molecule has 0 spiro atoms. The van der Waals surface area contributed by atoms with Crippen LogP contribution in [0.2, 0.25) is 0 Å². The van der Waals surface area contributed by atoms with Gasteiger partial charge in [0.1, 0.15) is 5.75 Å². The highest BCUT2D eigenvalue weighted by molar-refractivity contribution is 7.84. The Bertz CT molecular complexity index is 368. The minimum Gasteiger partial charge on any atom is -0.496 e. The lowest BCUT2D eigenvalue weighted by Crippen LogP contribution is -2.25. The number of ether oxygens (including phenoxy) is 1. The van der Waals surface area contributed by atoms with Crippen molar-refractivity contribution < 1.29 is 8.95 Å². The maximum Gasteiger partial charge on any atom is 0.123 e. The van der Waals surface area contributed by atoms with E-state index in [1.165, 1.54) is 5.56 Å². The second-order valence-corrected chi connectivity index (χ2v) is 5.49. The van der Waals surface area contributed by atoms with Crippen molar-refractivity contribution in [2.24, 2.45) is 0 Å². The van der Waals surface area contributed by atoms with Crippen molar-refractivity contribution in [2.45, 2.75) is 19.4 Å². The summed E-state index contributed by atoms with van der Waals surface area (Å²) in [4.78, 5) is 0. The number of rotatable bonds is 7. The third-order valence-corrected chi connectivity index (χ3v) is 3.48. The van der Waals surface area contributed by atoms with Crippen LogP contribution in [0, 0.1) is 0 Å². The van der Waals surface area contributed by atoms with E-state index in [2.05, 4.69) is 18.3 Å². The van der Waals surface area contributed by atoms with Crippen LogP contribution in [0.1, 0.15) is 24.9 Å². The van der Waals surface area contributed by atoms with Crippen molar-refractivity contribution in [1.82, 2.24) is 5.32 Å². The van der Waals surface area contributed by atoms with Gasteiger partial charge < -0.3 is 10.1 Å². The highest BCUT2D eigenvalue weighted by atomic mass is 32.2. The molecule has 2 unspecified atom stereocenters. The van der Waals surface area contributed by atoms with Gasteiger partial charge in [-0.15, -0.1) is 0 Å². The van der Waals surface area contributed by atoms with Crippen LogP contribution in [0.25, 0.3) is 0 Å². The van der Waals surface area contributed by atoms with E-state index >= 15 is 0 Å². The molecule has 2 atom stereocenters. The summed E-state index contributed by atoms with van der Waals surface area (Å²) in [7, 11) is 0.946. The first-order chi connectivity index (χ1) is 8.19. The number of hydrogen-bond acceptors (Lipinski definition) is 3. The van der Waals surface area contributed by atoms with Crippen molar-refractivity contribution in [3.8, 4) is 5.75 Å². The molecule has 0 aliphatic heterocycles. The molecule has 3 nitrogen and oxygen atoms in total. The Morgan fingerprint density at radius 2 is 2.12 bits per heavy atom. The van der Waals surface area contributed by atoms with Crippen LogP contribution >= 0.6 is 0 Å². The normalized spacial score (nSPS) is 14.3. The monoisotopic (exact) mass is 255 g/mol. The van der Waals surface area contributed by atoms with E-state index in [0.29, 0.717) is 5.75 Å². The standard InChI is InChI=1S/C13H21NO2S/c1-4-12(14-9-10-17(3)15)11-7-5-6-8-13(11)16-2/h5-8,12,14H,4,9-10H2,1-3H3. The number of para-hydroxylation sites is 1. The summed E-state index contributed by atoms with van der Waals surface area (Å²) < 4.78 is 16.4. The van der Waals surface area contributed by atoms with Crippen LogP contribution in [0.4, 0.5) is 0 Å². The van der Waals surface area contributed by atoms with Gasteiger partial charge in [0.25, 0.3) is 0 Å². The van der Waals surface area contributed by atoms with E-state index in [0.717, 1.165) is 18.7 Å². The highest BCUT2D eigenvalue weighted by Crippen LogP contribution is 2.26. The maximum absolute atomic E-state index is 11.0. The fourth-order valence-corrected chi connectivity index (χ4v) is 2.21. The third-order valence-electron chi connectivity index (χ3n) is 2.70. The van der Waals surface area contributed by atoms with Crippen LogP contribution in [-0.4, -0.2) is 29.9 Å². The van der Waals surface area contributed by atoms with E-state index in [9.17, 15) is 4.21 Å². The smallest absolute Gasteiger partial charge is 0.123 e. The number of methoxy groups -OCH3 is 1. The minimum absolute atomic E-state index is 0.259. The van der Waals surface area contributed by atoms with E-state index in [-0.39, 0.29) is 6.04 Å². The average Bonchev–Trinajstić information content (AvgIpc) is 2.34. The molecule has 1 aromatic carbocycles. The molecule has 0 aromatic heterocycles. The summed E-state index contributed by atoms with van der Waals surface area (Å²) in [5.41, 5.74) is 1.17. The van der Waals surface area contributed by atoms with Crippen molar-refractivity contribution in [1.29, 1.82) is 0 Å². The highest BCUT2D eigenvalue weighted by Gasteiger charge is 2.12. The fourth-order valence-electron chi connectivity index (χ4n) is 1.81. The van der Waals surface area contributed by atoms with Crippen molar-refractivity contribution in [3.63, 3.8) is 0 Å². The lowest BCUT2D eigenvalue weighted by atomic mass is 10.0. The molecule has 0 fully saturated rings. The molecule has 0 amide bonds. The number of nitrogens with one attached hydrogen (secondary N) is 1. The van der Waals surface area contributed by atoms with Crippen LogP contribution < -0.4 is 10.1 Å². The van der Waals surface area contributed by atoms with Gasteiger partial charge >= 0.3 is 0 Å². The Hall–Kier alpha value is -0.870. The predicted molar refractivity (Wildman–Crippen MR) is 73.0 cm³/mol. The summed E-state index contributed by atoms with van der Waals surface area (Å²) in [5, 5.41) is 3.42. The first-order valence-corrected chi connectivity index (χ1v) is 7.58. The zero-order valence-electron chi connectivity index (χ0n) is 10.7. The SMILES string of the molecule is CCC(NCCS(C)=O)c1ccccc1OC.